The van der Waals surface area contributed by atoms with Crippen LogP contribution in [0.4, 0.5) is 0 Å². The number of carbonyl (C=O) groups is 2. The summed E-state index contributed by atoms with van der Waals surface area (Å²) in [5.41, 5.74) is 6.16. The van der Waals surface area contributed by atoms with Gasteiger partial charge < -0.3 is 15.6 Å². The number of aromatic nitrogens is 1. The molecule has 0 unspecified atom stereocenters. The van der Waals surface area contributed by atoms with Crippen LogP contribution in [-0.2, 0) is 4.79 Å². The Hall–Kier alpha value is -2.63. The molecule has 0 saturated heterocycles. The molecule has 1 fully saturated rings. The number of amides is 2. The van der Waals surface area contributed by atoms with Gasteiger partial charge in [-0.1, -0.05) is 35.5 Å². The van der Waals surface area contributed by atoms with E-state index in [9.17, 15) is 9.59 Å². The quantitative estimate of drug-likeness (QED) is 0.869. The maximum atomic E-state index is 12.1. The second-order valence-corrected chi connectivity index (χ2v) is 5.11. The standard InChI is InChI=1S/C15H15N3O3/c16-14(19)13(10-4-2-1-3-5-10)17-15(20)11-8-12(21-18-11)9-6-7-9/h1-5,8-9,13H,6-7H2,(H2,16,19)(H,17,20)/t13-/m1/s1. The molecule has 1 aliphatic rings. The summed E-state index contributed by atoms with van der Waals surface area (Å²) in [4.78, 5) is 23.7. The van der Waals surface area contributed by atoms with E-state index < -0.39 is 17.9 Å². The summed E-state index contributed by atoms with van der Waals surface area (Å²) in [5.74, 6) is -0.00522. The minimum atomic E-state index is -0.889. The van der Waals surface area contributed by atoms with Gasteiger partial charge in [0, 0.05) is 12.0 Å². The molecule has 3 rings (SSSR count). The Kier molecular flexibility index (Phi) is 3.43. The molecule has 1 aromatic heterocycles. The van der Waals surface area contributed by atoms with E-state index in [1.54, 1.807) is 30.3 Å². The second kappa shape index (κ2) is 5.40. The molecular weight excluding hydrogens is 270 g/mol. The molecule has 0 aliphatic heterocycles. The van der Waals surface area contributed by atoms with Crippen molar-refractivity contribution < 1.29 is 14.1 Å². The minimum Gasteiger partial charge on any atom is -0.368 e. The summed E-state index contributed by atoms with van der Waals surface area (Å²) >= 11 is 0. The Balaban J connectivity index is 1.75. The zero-order valence-electron chi connectivity index (χ0n) is 11.3. The average molecular weight is 285 g/mol. The zero-order valence-corrected chi connectivity index (χ0v) is 11.3. The lowest BCUT2D eigenvalue weighted by molar-refractivity contribution is -0.120. The molecule has 2 aromatic rings. The summed E-state index contributed by atoms with van der Waals surface area (Å²) in [6, 6.07) is 9.57. The van der Waals surface area contributed by atoms with Gasteiger partial charge in [-0.2, -0.15) is 0 Å². The predicted molar refractivity (Wildman–Crippen MR) is 74.3 cm³/mol. The predicted octanol–water partition coefficient (Wildman–Crippen LogP) is 1.51. The number of carbonyl (C=O) groups excluding carboxylic acids is 2. The van der Waals surface area contributed by atoms with Crippen LogP contribution in [0.1, 0.15) is 46.6 Å². The summed E-state index contributed by atoms with van der Waals surface area (Å²) in [6.45, 7) is 0. The highest BCUT2D eigenvalue weighted by Gasteiger charge is 2.29. The third-order valence-electron chi connectivity index (χ3n) is 3.43. The van der Waals surface area contributed by atoms with Crippen LogP contribution in [0.5, 0.6) is 0 Å². The maximum Gasteiger partial charge on any atom is 0.274 e. The van der Waals surface area contributed by atoms with Crippen molar-refractivity contribution in [2.45, 2.75) is 24.8 Å². The van der Waals surface area contributed by atoms with E-state index in [4.69, 9.17) is 10.3 Å². The first kappa shape index (κ1) is 13.4. The molecule has 6 nitrogen and oxygen atoms in total. The summed E-state index contributed by atoms with van der Waals surface area (Å²) in [5, 5.41) is 6.33. The Labute approximate surface area is 121 Å². The lowest BCUT2D eigenvalue weighted by Crippen LogP contribution is -2.37. The lowest BCUT2D eigenvalue weighted by atomic mass is 10.1. The molecule has 1 aliphatic carbocycles. The summed E-state index contributed by atoms with van der Waals surface area (Å²) in [7, 11) is 0. The fourth-order valence-corrected chi connectivity index (χ4v) is 2.13. The average Bonchev–Trinajstić information content (AvgIpc) is 3.22. The molecular formula is C15H15N3O3. The number of rotatable bonds is 5. The van der Waals surface area contributed by atoms with E-state index in [-0.39, 0.29) is 5.69 Å². The fourth-order valence-electron chi connectivity index (χ4n) is 2.13. The fraction of sp³-hybridized carbons (Fsp3) is 0.267. The smallest absolute Gasteiger partial charge is 0.274 e. The molecule has 0 bridgehead atoms. The van der Waals surface area contributed by atoms with E-state index in [0.29, 0.717) is 11.5 Å². The molecule has 21 heavy (non-hydrogen) atoms. The molecule has 1 saturated carbocycles. The number of hydrogen-bond acceptors (Lipinski definition) is 4. The van der Waals surface area contributed by atoms with E-state index in [1.807, 2.05) is 6.07 Å². The molecule has 1 heterocycles. The second-order valence-electron chi connectivity index (χ2n) is 5.11. The molecule has 6 heteroatoms. The molecule has 3 N–H and O–H groups in total. The van der Waals surface area contributed by atoms with E-state index in [0.717, 1.165) is 18.6 Å². The van der Waals surface area contributed by atoms with Gasteiger partial charge >= 0.3 is 0 Å². The van der Waals surface area contributed by atoms with Crippen molar-refractivity contribution in [3.8, 4) is 0 Å². The molecule has 108 valence electrons. The van der Waals surface area contributed by atoms with Gasteiger partial charge in [0.1, 0.15) is 11.8 Å². The van der Waals surface area contributed by atoms with Gasteiger partial charge in [0.25, 0.3) is 5.91 Å². The number of hydrogen-bond donors (Lipinski definition) is 2. The Morgan fingerprint density at radius 3 is 2.62 bits per heavy atom. The SMILES string of the molecule is NC(=O)[C@H](NC(=O)c1cc(C2CC2)on1)c1ccccc1. The summed E-state index contributed by atoms with van der Waals surface area (Å²) < 4.78 is 5.13. The van der Waals surface area contributed by atoms with Crippen molar-refractivity contribution in [1.82, 2.24) is 10.5 Å². The lowest BCUT2D eigenvalue weighted by Gasteiger charge is -2.14. The van der Waals surface area contributed by atoms with Crippen molar-refractivity contribution in [1.29, 1.82) is 0 Å². The monoisotopic (exact) mass is 285 g/mol. The van der Waals surface area contributed by atoms with Gasteiger partial charge in [0.15, 0.2) is 5.69 Å². The van der Waals surface area contributed by atoms with Gasteiger partial charge in [-0.05, 0) is 18.4 Å². The van der Waals surface area contributed by atoms with Crippen LogP contribution in [0.2, 0.25) is 0 Å². The van der Waals surface area contributed by atoms with Crippen LogP contribution < -0.4 is 11.1 Å². The van der Waals surface area contributed by atoms with Crippen molar-refractivity contribution in [3.05, 3.63) is 53.4 Å². The van der Waals surface area contributed by atoms with Crippen molar-refractivity contribution in [2.75, 3.05) is 0 Å². The topological polar surface area (TPSA) is 98.2 Å². The van der Waals surface area contributed by atoms with E-state index in [1.165, 1.54) is 0 Å². The molecule has 1 atom stereocenters. The molecule has 0 radical (unpaired) electrons. The molecule has 1 aromatic carbocycles. The van der Waals surface area contributed by atoms with Crippen LogP contribution in [0.25, 0.3) is 0 Å². The van der Waals surface area contributed by atoms with Gasteiger partial charge in [0.2, 0.25) is 5.91 Å². The largest absolute Gasteiger partial charge is 0.368 e. The first-order valence-corrected chi connectivity index (χ1v) is 6.77. The van der Waals surface area contributed by atoms with Crippen molar-refractivity contribution >= 4 is 11.8 Å². The summed E-state index contributed by atoms with van der Waals surface area (Å²) in [6.07, 6.45) is 2.12. The number of nitrogens with zero attached hydrogens (tertiary/aromatic N) is 1. The van der Waals surface area contributed by atoms with Gasteiger partial charge in [-0.25, -0.2) is 0 Å². The molecule has 0 spiro atoms. The number of nitrogens with one attached hydrogen (secondary N) is 1. The van der Waals surface area contributed by atoms with Gasteiger partial charge in [0.05, 0.1) is 0 Å². The third kappa shape index (κ3) is 2.94. The van der Waals surface area contributed by atoms with Crippen LogP contribution in [-0.4, -0.2) is 17.0 Å². The van der Waals surface area contributed by atoms with Crippen LogP contribution in [0.3, 0.4) is 0 Å². The van der Waals surface area contributed by atoms with E-state index in [2.05, 4.69) is 10.5 Å². The van der Waals surface area contributed by atoms with Crippen LogP contribution >= 0.6 is 0 Å². The maximum absolute atomic E-state index is 12.1. The zero-order chi connectivity index (χ0) is 14.8. The van der Waals surface area contributed by atoms with Gasteiger partial charge in [-0.3, -0.25) is 9.59 Å². The number of benzene rings is 1. The Bertz CT molecular complexity index is 662. The first-order valence-electron chi connectivity index (χ1n) is 6.77. The first-order chi connectivity index (χ1) is 10.1. The Morgan fingerprint density at radius 2 is 2.00 bits per heavy atom. The highest BCUT2D eigenvalue weighted by atomic mass is 16.5. The number of nitrogens with two attached hydrogens (primary N) is 1. The Morgan fingerprint density at radius 1 is 1.29 bits per heavy atom. The normalized spacial score (nSPS) is 15.4. The van der Waals surface area contributed by atoms with E-state index >= 15 is 0 Å². The van der Waals surface area contributed by atoms with Crippen LogP contribution in [0.15, 0.2) is 40.9 Å². The highest BCUT2D eigenvalue weighted by molar-refractivity contribution is 5.96. The van der Waals surface area contributed by atoms with Gasteiger partial charge in [-0.15, -0.1) is 0 Å². The van der Waals surface area contributed by atoms with Crippen molar-refractivity contribution in [2.24, 2.45) is 5.73 Å². The van der Waals surface area contributed by atoms with Crippen LogP contribution in [0, 0.1) is 0 Å². The highest BCUT2D eigenvalue weighted by Crippen LogP contribution is 2.40. The number of primary amides is 1. The molecule has 2 amide bonds. The minimum absolute atomic E-state index is 0.166. The van der Waals surface area contributed by atoms with Crippen molar-refractivity contribution in [3.63, 3.8) is 0 Å². The third-order valence-corrected chi connectivity index (χ3v) is 3.43.